The lowest BCUT2D eigenvalue weighted by atomic mass is 10.2. The van der Waals surface area contributed by atoms with E-state index in [-0.39, 0.29) is 5.91 Å². The molecule has 3 heterocycles. The van der Waals surface area contributed by atoms with Gasteiger partial charge in [0.15, 0.2) is 0 Å². The van der Waals surface area contributed by atoms with Crippen molar-refractivity contribution < 1.29 is 4.79 Å². The molecule has 2 aromatic heterocycles. The van der Waals surface area contributed by atoms with E-state index < -0.39 is 0 Å². The normalized spacial score (nSPS) is 14.9. The molecule has 1 amide bonds. The molecule has 0 bridgehead atoms. The molecule has 0 N–H and O–H groups in total. The van der Waals surface area contributed by atoms with E-state index in [4.69, 9.17) is 23.2 Å². The van der Waals surface area contributed by atoms with E-state index in [0.717, 1.165) is 49.6 Å². The van der Waals surface area contributed by atoms with Crippen LogP contribution in [0.1, 0.15) is 31.0 Å². The standard InChI is InChI=1S/C20H25Cl2N5O/c1-3-4-9-27-20(22)17(15(2)24-27)6-8-19(28)26-12-10-25(11-13-26)18-7-5-16(21)14-23-18/h5-8,14H,3-4,9-13H2,1-2H3/b8-6+. The van der Waals surface area contributed by atoms with E-state index in [9.17, 15) is 4.79 Å². The number of anilines is 1. The first-order chi connectivity index (χ1) is 13.5. The highest BCUT2D eigenvalue weighted by Gasteiger charge is 2.21. The fourth-order valence-corrected chi connectivity index (χ4v) is 3.62. The van der Waals surface area contributed by atoms with Gasteiger partial charge in [0.2, 0.25) is 5.91 Å². The van der Waals surface area contributed by atoms with Crippen LogP contribution in [0, 0.1) is 6.92 Å². The Labute approximate surface area is 175 Å². The van der Waals surface area contributed by atoms with Gasteiger partial charge in [-0.25, -0.2) is 4.98 Å². The van der Waals surface area contributed by atoms with Crippen molar-refractivity contribution >= 4 is 41.0 Å². The van der Waals surface area contributed by atoms with Crippen molar-refractivity contribution in [3.8, 4) is 0 Å². The minimum Gasteiger partial charge on any atom is -0.353 e. The maximum Gasteiger partial charge on any atom is 0.246 e. The molecule has 1 saturated heterocycles. The van der Waals surface area contributed by atoms with Crippen molar-refractivity contribution in [3.63, 3.8) is 0 Å². The highest BCUT2D eigenvalue weighted by molar-refractivity contribution is 6.31. The summed E-state index contributed by atoms with van der Waals surface area (Å²) in [6.07, 6.45) is 7.12. The van der Waals surface area contributed by atoms with E-state index in [0.29, 0.717) is 23.3 Å². The summed E-state index contributed by atoms with van der Waals surface area (Å²) in [6, 6.07) is 3.73. The van der Waals surface area contributed by atoms with E-state index >= 15 is 0 Å². The van der Waals surface area contributed by atoms with Crippen LogP contribution < -0.4 is 4.90 Å². The van der Waals surface area contributed by atoms with Gasteiger partial charge in [-0.2, -0.15) is 5.10 Å². The summed E-state index contributed by atoms with van der Waals surface area (Å²) in [5.74, 6) is 0.870. The second-order valence-corrected chi connectivity index (χ2v) is 7.64. The van der Waals surface area contributed by atoms with Gasteiger partial charge in [0.25, 0.3) is 0 Å². The molecule has 6 nitrogen and oxygen atoms in total. The van der Waals surface area contributed by atoms with Gasteiger partial charge in [-0.1, -0.05) is 36.5 Å². The Morgan fingerprint density at radius 1 is 1.21 bits per heavy atom. The summed E-state index contributed by atoms with van der Waals surface area (Å²) in [7, 11) is 0. The molecule has 0 atom stereocenters. The van der Waals surface area contributed by atoms with Crippen LogP contribution >= 0.6 is 23.2 Å². The molecule has 0 aromatic carbocycles. The van der Waals surface area contributed by atoms with Crippen LogP contribution in [-0.2, 0) is 11.3 Å². The summed E-state index contributed by atoms with van der Waals surface area (Å²) in [5, 5.41) is 5.68. The highest BCUT2D eigenvalue weighted by atomic mass is 35.5. The Morgan fingerprint density at radius 2 is 1.96 bits per heavy atom. The van der Waals surface area contributed by atoms with Crippen LogP contribution in [0.2, 0.25) is 10.2 Å². The average molecular weight is 422 g/mol. The van der Waals surface area contributed by atoms with Crippen molar-refractivity contribution in [2.45, 2.75) is 33.2 Å². The number of unbranched alkanes of at least 4 members (excludes halogenated alkanes) is 1. The quantitative estimate of drug-likeness (QED) is 0.659. The minimum absolute atomic E-state index is 0.0134. The number of amides is 1. The lowest BCUT2D eigenvalue weighted by molar-refractivity contribution is -0.126. The zero-order chi connectivity index (χ0) is 20.1. The molecule has 0 aliphatic carbocycles. The number of piperazine rings is 1. The average Bonchev–Trinajstić information content (AvgIpc) is 2.98. The number of hydrogen-bond donors (Lipinski definition) is 0. The topological polar surface area (TPSA) is 54.3 Å². The number of rotatable bonds is 6. The molecule has 1 fully saturated rings. The lowest BCUT2D eigenvalue weighted by Gasteiger charge is -2.34. The lowest BCUT2D eigenvalue weighted by Crippen LogP contribution is -2.48. The molecule has 0 saturated carbocycles. The summed E-state index contributed by atoms with van der Waals surface area (Å²) in [5.41, 5.74) is 1.65. The first kappa shape index (κ1) is 20.7. The molecular weight excluding hydrogens is 397 g/mol. The fraction of sp³-hybridized carbons (Fsp3) is 0.450. The van der Waals surface area contributed by atoms with E-state index in [2.05, 4.69) is 21.9 Å². The number of nitrogens with zero attached hydrogens (tertiary/aromatic N) is 5. The fourth-order valence-electron chi connectivity index (χ4n) is 3.18. The molecule has 3 rings (SSSR count). The summed E-state index contributed by atoms with van der Waals surface area (Å²) in [4.78, 5) is 20.9. The Balaban J connectivity index is 1.58. The van der Waals surface area contributed by atoms with Crippen LogP contribution in [0.4, 0.5) is 5.82 Å². The zero-order valence-corrected chi connectivity index (χ0v) is 17.7. The molecule has 1 aliphatic rings. The van der Waals surface area contributed by atoms with Gasteiger partial charge in [0, 0.05) is 50.6 Å². The summed E-state index contributed by atoms with van der Waals surface area (Å²) < 4.78 is 1.81. The third-order valence-electron chi connectivity index (χ3n) is 4.85. The van der Waals surface area contributed by atoms with Crippen molar-refractivity contribution in [2.24, 2.45) is 0 Å². The van der Waals surface area contributed by atoms with Gasteiger partial charge in [-0.15, -0.1) is 0 Å². The molecule has 28 heavy (non-hydrogen) atoms. The monoisotopic (exact) mass is 421 g/mol. The molecule has 0 radical (unpaired) electrons. The van der Waals surface area contributed by atoms with Crippen molar-refractivity contribution in [2.75, 3.05) is 31.1 Å². The van der Waals surface area contributed by atoms with Crippen molar-refractivity contribution in [1.29, 1.82) is 0 Å². The smallest absolute Gasteiger partial charge is 0.246 e. The third kappa shape index (κ3) is 4.86. The van der Waals surface area contributed by atoms with Gasteiger partial charge >= 0.3 is 0 Å². The predicted octanol–water partition coefficient (Wildman–Crippen LogP) is 4.06. The van der Waals surface area contributed by atoms with Crippen molar-refractivity contribution in [3.05, 3.63) is 45.8 Å². The van der Waals surface area contributed by atoms with Crippen molar-refractivity contribution in [1.82, 2.24) is 19.7 Å². The number of halogens is 2. The summed E-state index contributed by atoms with van der Waals surface area (Å²) >= 11 is 12.3. The van der Waals surface area contributed by atoms with Crippen LogP contribution in [-0.4, -0.2) is 51.8 Å². The van der Waals surface area contributed by atoms with Crippen LogP contribution in [0.5, 0.6) is 0 Å². The number of pyridine rings is 1. The van der Waals surface area contributed by atoms with Crippen LogP contribution in [0.25, 0.3) is 6.08 Å². The first-order valence-corrected chi connectivity index (χ1v) is 10.3. The highest BCUT2D eigenvalue weighted by Crippen LogP contribution is 2.22. The minimum atomic E-state index is -0.0134. The molecule has 1 aliphatic heterocycles. The van der Waals surface area contributed by atoms with Crippen LogP contribution in [0.3, 0.4) is 0 Å². The predicted molar refractivity (Wildman–Crippen MR) is 114 cm³/mol. The van der Waals surface area contributed by atoms with E-state index in [1.807, 2.05) is 28.6 Å². The SMILES string of the molecule is CCCCn1nc(C)c(/C=C/C(=O)N2CCN(c3ccc(Cl)cn3)CC2)c1Cl. The second kappa shape index (κ2) is 9.43. The molecule has 8 heteroatoms. The Hall–Kier alpha value is -2.05. The molecule has 0 unspecified atom stereocenters. The number of aromatic nitrogens is 3. The number of hydrogen-bond acceptors (Lipinski definition) is 4. The molecule has 150 valence electrons. The Bertz CT molecular complexity index is 839. The number of carbonyl (C=O) groups is 1. The Kier molecular flexibility index (Phi) is 6.97. The van der Waals surface area contributed by atoms with Gasteiger partial charge in [-0.3, -0.25) is 9.48 Å². The zero-order valence-electron chi connectivity index (χ0n) is 16.2. The Morgan fingerprint density at radius 3 is 2.61 bits per heavy atom. The maximum atomic E-state index is 12.6. The summed E-state index contributed by atoms with van der Waals surface area (Å²) in [6.45, 7) is 7.61. The molecule has 2 aromatic rings. The number of aryl methyl sites for hydroxylation is 2. The second-order valence-electron chi connectivity index (χ2n) is 6.85. The molecular formula is C20H25Cl2N5O. The third-order valence-corrected chi connectivity index (χ3v) is 5.47. The van der Waals surface area contributed by atoms with Gasteiger partial charge in [0.05, 0.1) is 10.7 Å². The van der Waals surface area contributed by atoms with E-state index in [1.165, 1.54) is 0 Å². The maximum absolute atomic E-state index is 12.6. The largest absolute Gasteiger partial charge is 0.353 e. The van der Waals surface area contributed by atoms with E-state index in [1.54, 1.807) is 18.3 Å². The van der Waals surface area contributed by atoms with Crippen LogP contribution in [0.15, 0.2) is 24.4 Å². The van der Waals surface area contributed by atoms with Gasteiger partial charge < -0.3 is 9.80 Å². The first-order valence-electron chi connectivity index (χ1n) is 9.56. The number of carbonyl (C=O) groups excluding carboxylic acids is 1. The molecule has 0 spiro atoms. The van der Waals surface area contributed by atoms with Gasteiger partial charge in [0.1, 0.15) is 11.0 Å². The van der Waals surface area contributed by atoms with Gasteiger partial charge in [-0.05, 0) is 31.6 Å².